The molecule has 0 unspecified atom stereocenters. The van der Waals surface area contributed by atoms with Crippen LogP contribution in [0.1, 0.15) is 25.0 Å². The van der Waals surface area contributed by atoms with Crippen molar-refractivity contribution in [1.29, 1.82) is 0 Å². The number of carbonyl (C=O) groups excluding carboxylic acids is 2. The van der Waals surface area contributed by atoms with Crippen molar-refractivity contribution in [3.05, 3.63) is 47.5 Å². The van der Waals surface area contributed by atoms with Crippen molar-refractivity contribution in [2.24, 2.45) is 5.92 Å². The number of benzene rings is 2. The van der Waals surface area contributed by atoms with Crippen LogP contribution in [0.15, 0.2) is 41.3 Å². The molecule has 0 radical (unpaired) electrons. The van der Waals surface area contributed by atoms with Crippen LogP contribution in [0.2, 0.25) is 0 Å². The third kappa shape index (κ3) is 6.23. The Morgan fingerprint density at radius 1 is 1.03 bits per heavy atom. The number of carbonyl (C=O) groups is 2. The maximum Gasteiger partial charge on any atom is 0.324 e. The van der Waals surface area contributed by atoms with Gasteiger partial charge in [-0.25, -0.2) is 8.42 Å². The highest BCUT2D eigenvalue weighted by molar-refractivity contribution is 7.89. The monoisotopic (exact) mass is 476 g/mol. The van der Waals surface area contributed by atoms with E-state index >= 15 is 0 Å². The van der Waals surface area contributed by atoms with Crippen molar-refractivity contribution in [2.75, 3.05) is 25.1 Å². The van der Waals surface area contributed by atoms with E-state index in [1.165, 1.54) is 18.2 Å². The summed E-state index contributed by atoms with van der Waals surface area (Å²) in [5.74, 6) is -1.02. The minimum Gasteiger partial charge on any atom is -0.486 e. The van der Waals surface area contributed by atoms with Crippen molar-refractivity contribution in [1.82, 2.24) is 4.72 Å². The fourth-order valence-corrected chi connectivity index (χ4v) is 4.51. The average Bonchev–Trinajstić information content (AvgIpc) is 2.77. The molecule has 0 aromatic heterocycles. The second-order valence-corrected chi connectivity index (χ2v) is 9.84. The Morgan fingerprint density at radius 3 is 2.42 bits per heavy atom. The molecule has 33 heavy (non-hydrogen) atoms. The van der Waals surface area contributed by atoms with E-state index in [9.17, 15) is 18.0 Å². The van der Waals surface area contributed by atoms with E-state index in [0.717, 1.165) is 11.1 Å². The lowest BCUT2D eigenvalue weighted by molar-refractivity contribution is -0.150. The van der Waals surface area contributed by atoms with Crippen molar-refractivity contribution >= 4 is 27.6 Å². The molecule has 2 N–H and O–H groups in total. The number of esters is 1. The summed E-state index contributed by atoms with van der Waals surface area (Å²) < 4.78 is 44.1. The summed E-state index contributed by atoms with van der Waals surface area (Å²) in [6, 6.07) is 8.64. The number of aryl methyl sites for hydroxylation is 2. The second-order valence-electron chi connectivity index (χ2n) is 8.12. The van der Waals surface area contributed by atoms with Crippen molar-refractivity contribution in [2.45, 2.75) is 38.6 Å². The number of anilines is 1. The van der Waals surface area contributed by atoms with Crippen LogP contribution in [0.3, 0.4) is 0 Å². The first kappa shape index (κ1) is 24.5. The highest BCUT2D eigenvalue weighted by atomic mass is 32.2. The van der Waals surface area contributed by atoms with Gasteiger partial charge in [0.1, 0.15) is 19.3 Å². The maximum absolute atomic E-state index is 12.9. The van der Waals surface area contributed by atoms with E-state index in [-0.39, 0.29) is 4.90 Å². The molecule has 178 valence electrons. The number of amides is 1. The molecule has 1 aliphatic rings. The zero-order valence-corrected chi connectivity index (χ0v) is 19.8. The first-order chi connectivity index (χ1) is 15.6. The summed E-state index contributed by atoms with van der Waals surface area (Å²) in [7, 11) is -4.07. The molecule has 2 aromatic rings. The number of hydrogen-bond donors (Lipinski definition) is 2. The summed E-state index contributed by atoms with van der Waals surface area (Å²) in [6.07, 6.45) is 0. The smallest absolute Gasteiger partial charge is 0.324 e. The molecule has 0 aliphatic carbocycles. The first-order valence-electron chi connectivity index (χ1n) is 10.5. The zero-order valence-electron chi connectivity index (χ0n) is 19.0. The third-order valence-corrected chi connectivity index (χ3v) is 6.48. The summed E-state index contributed by atoms with van der Waals surface area (Å²) in [5, 5.41) is 2.70. The number of hydrogen-bond acceptors (Lipinski definition) is 7. The van der Waals surface area contributed by atoms with Gasteiger partial charge < -0.3 is 19.5 Å². The summed E-state index contributed by atoms with van der Waals surface area (Å²) in [4.78, 5) is 24.8. The number of sulfonamides is 1. The molecule has 10 heteroatoms. The second kappa shape index (κ2) is 10.2. The molecule has 1 amide bonds. The van der Waals surface area contributed by atoms with E-state index < -0.39 is 40.5 Å². The number of fused-ring (bicyclic) bond motifs is 1. The largest absolute Gasteiger partial charge is 0.486 e. The van der Waals surface area contributed by atoms with Crippen molar-refractivity contribution < 1.29 is 32.2 Å². The summed E-state index contributed by atoms with van der Waals surface area (Å²) in [5.41, 5.74) is 2.46. The van der Waals surface area contributed by atoms with Gasteiger partial charge in [-0.1, -0.05) is 26.0 Å². The predicted molar refractivity (Wildman–Crippen MR) is 122 cm³/mol. The van der Waals surface area contributed by atoms with Gasteiger partial charge in [0.15, 0.2) is 18.1 Å². The fraction of sp³-hybridized carbons (Fsp3) is 0.391. The van der Waals surface area contributed by atoms with E-state index in [4.69, 9.17) is 14.2 Å². The number of rotatable bonds is 8. The van der Waals surface area contributed by atoms with Crippen molar-refractivity contribution in [3.8, 4) is 11.5 Å². The van der Waals surface area contributed by atoms with Crippen LogP contribution in [0.4, 0.5) is 5.69 Å². The van der Waals surface area contributed by atoms with Crippen LogP contribution in [-0.4, -0.2) is 46.2 Å². The summed E-state index contributed by atoms with van der Waals surface area (Å²) >= 11 is 0. The normalized spacial score (nSPS) is 14.0. The van der Waals surface area contributed by atoms with E-state index in [1.54, 1.807) is 13.8 Å². The highest BCUT2D eigenvalue weighted by Gasteiger charge is 2.31. The Morgan fingerprint density at radius 2 is 1.73 bits per heavy atom. The van der Waals surface area contributed by atoms with Gasteiger partial charge in [0.05, 0.1) is 4.90 Å². The first-order valence-corrected chi connectivity index (χ1v) is 12.0. The maximum atomic E-state index is 12.9. The summed E-state index contributed by atoms with van der Waals surface area (Å²) in [6.45, 7) is 7.26. The van der Waals surface area contributed by atoms with Gasteiger partial charge in [-0.05, 0) is 49.1 Å². The van der Waals surface area contributed by atoms with E-state index in [2.05, 4.69) is 10.0 Å². The molecular weight excluding hydrogens is 448 g/mol. The molecule has 0 saturated heterocycles. The Balaban J connectivity index is 1.65. The lowest BCUT2D eigenvalue weighted by Gasteiger charge is -2.22. The van der Waals surface area contributed by atoms with Crippen LogP contribution in [0, 0.1) is 19.8 Å². The molecule has 2 aromatic carbocycles. The highest BCUT2D eigenvalue weighted by Crippen LogP contribution is 2.32. The van der Waals surface area contributed by atoms with E-state index in [1.807, 2.05) is 32.0 Å². The van der Waals surface area contributed by atoms with Gasteiger partial charge in [-0.15, -0.1) is 0 Å². The number of ether oxygens (including phenoxy) is 3. The van der Waals surface area contributed by atoms with Crippen LogP contribution in [0.5, 0.6) is 11.5 Å². The van der Waals surface area contributed by atoms with Crippen molar-refractivity contribution in [3.63, 3.8) is 0 Å². The lowest BCUT2D eigenvalue weighted by atomic mass is 10.1. The third-order valence-electron chi connectivity index (χ3n) is 5.04. The Kier molecular flexibility index (Phi) is 7.60. The number of nitrogens with one attached hydrogen (secondary N) is 2. The fourth-order valence-electron chi connectivity index (χ4n) is 3.17. The zero-order chi connectivity index (χ0) is 24.2. The minimum atomic E-state index is -4.07. The molecule has 1 atom stereocenters. The van der Waals surface area contributed by atoms with Crippen LogP contribution in [0.25, 0.3) is 0 Å². The standard InChI is InChI=1S/C23H28N2O7S/c1-14(2)22(23(27)32-13-21(26)24-18-11-15(3)5-6-16(18)4)25-33(28,29)17-7-8-19-20(12-17)31-10-9-30-19/h5-8,11-12,14,22,25H,9-10,13H2,1-4H3,(H,24,26)/t22-/m1/s1. The lowest BCUT2D eigenvalue weighted by Crippen LogP contribution is -2.45. The van der Waals surface area contributed by atoms with Gasteiger partial charge in [0.25, 0.3) is 5.91 Å². The Hall–Kier alpha value is -3.11. The average molecular weight is 477 g/mol. The Labute approximate surface area is 193 Å². The Bertz CT molecular complexity index is 1150. The van der Waals surface area contributed by atoms with Gasteiger partial charge in [-0.2, -0.15) is 4.72 Å². The molecule has 0 spiro atoms. The predicted octanol–water partition coefficient (Wildman–Crippen LogP) is 2.56. The molecule has 0 saturated carbocycles. The molecule has 3 rings (SSSR count). The molecule has 1 heterocycles. The quantitative estimate of drug-likeness (QED) is 0.562. The van der Waals surface area contributed by atoms with Crippen LogP contribution < -0.4 is 19.5 Å². The molecular formula is C23H28N2O7S. The van der Waals surface area contributed by atoms with Crippen LogP contribution in [-0.2, 0) is 24.3 Å². The minimum absolute atomic E-state index is 0.0714. The SMILES string of the molecule is Cc1ccc(C)c(NC(=O)COC(=O)[C@H](NS(=O)(=O)c2ccc3c(c2)OCCO3)C(C)C)c1. The molecule has 1 aliphatic heterocycles. The van der Waals surface area contributed by atoms with E-state index in [0.29, 0.717) is 30.4 Å². The van der Waals surface area contributed by atoms with Crippen LogP contribution >= 0.6 is 0 Å². The van der Waals surface area contributed by atoms with Gasteiger partial charge in [0, 0.05) is 11.8 Å². The van der Waals surface area contributed by atoms with Gasteiger partial charge in [-0.3, -0.25) is 9.59 Å². The van der Waals surface area contributed by atoms with Gasteiger partial charge in [0.2, 0.25) is 10.0 Å². The topological polar surface area (TPSA) is 120 Å². The van der Waals surface area contributed by atoms with Gasteiger partial charge >= 0.3 is 5.97 Å². The molecule has 0 fully saturated rings. The molecule has 9 nitrogen and oxygen atoms in total. The molecule has 0 bridgehead atoms.